The van der Waals surface area contributed by atoms with Crippen LogP contribution in [0.25, 0.3) is 10.8 Å². The SMILES string of the molecule is O=[P+](O)OCCc1ccc2ccccc2c1.c1ccc(CCc2ccccc2)cc1. The van der Waals surface area contributed by atoms with Gasteiger partial charge in [-0.1, -0.05) is 103 Å². The highest BCUT2D eigenvalue weighted by atomic mass is 31.1. The summed E-state index contributed by atoms with van der Waals surface area (Å²) in [5.41, 5.74) is 3.93. The quantitative estimate of drug-likeness (QED) is 0.348. The van der Waals surface area contributed by atoms with E-state index in [9.17, 15) is 4.57 Å². The van der Waals surface area contributed by atoms with E-state index in [1.807, 2.05) is 30.3 Å². The summed E-state index contributed by atoms with van der Waals surface area (Å²) in [5, 5.41) is 2.37. The Bertz CT molecular complexity index is 1010. The standard InChI is InChI=1S/C14H14.C12H11O3P/c1-3-7-13(8-4-1)11-12-14-9-5-2-6-10-14;13-16(14)15-8-7-10-5-6-11-3-1-2-4-12(11)9-10/h1-10H,11-12H2;1-6,9H,7-8H2/p+1. The van der Waals surface area contributed by atoms with Crippen molar-refractivity contribution in [2.24, 2.45) is 0 Å². The molecule has 0 aliphatic carbocycles. The third-order valence-electron chi connectivity index (χ3n) is 4.79. The molecule has 1 atom stereocenters. The number of rotatable bonds is 7. The van der Waals surface area contributed by atoms with Crippen LogP contribution in [0.15, 0.2) is 103 Å². The summed E-state index contributed by atoms with van der Waals surface area (Å²) in [6, 6.07) is 35.5. The van der Waals surface area contributed by atoms with Crippen molar-refractivity contribution in [2.45, 2.75) is 19.3 Å². The summed E-state index contributed by atoms with van der Waals surface area (Å²) in [6.07, 6.45) is 2.90. The molecular weight excluding hydrogens is 391 g/mol. The van der Waals surface area contributed by atoms with Crippen molar-refractivity contribution < 1.29 is 14.0 Å². The zero-order chi connectivity index (χ0) is 21.0. The first kappa shape index (κ1) is 21.9. The molecule has 0 aromatic heterocycles. The summed E-state index contributed by atoms with van der Waals surface area (Å²) in [6.45, 7) is 0.268. The predicted molar refractivity (Wildman–Crippen MR) is 124 cm³/mol. The molecule has 0 saturated carbocycles. The number of hydrogen-bond donors (Lipinski definition) is 1. The fourth-order valence-corrected chi connectivity index (χ4v) is 3.46. The largest absolute Gasteiger partial charge is 0.694 e. The smallest absolute Gasteiger partial charge is 0.133 e. The lowest BCUT2D eigenvalue weighted by Gasteiger charge is -2.01. The normalized spacial score (nSPS) is 10.9. The summed E-state index contributed by atoms with van der Waals surface area (Å²) in [4.78, 5) is 8.49. The van der Waals surface area contributed by atoms with Crippen LogP contribution in [0.4, 0.5) is 0 Å². The van der Waals surface area contributed by atoms with Crippen molar-refractivity contribution in [2.75, 3.05) is 6.61 Å². The van der Waals surface area contributed by atoms with Gasteiger partial charge in [0, 0.05) is 11.0 Å². The van der Waals surface area contributed by atoms with Gasteiger partial charge in [-0.3, -0.25) is 0 Å². The topological polar surface area (TPSA) is 46.5 Å². The van der Waals surface area contributed by atoms with Crippen molar-refractivity contribution in [3.8, 4) is 0 Å². The molecule has 4 aromatic carbocycles. The van der Waals surface area contributed by atoms with E-state index in [0.29, 0.717) is 6.42 Å². The van der Waals surface area contributed by atoms with Crippen LogP contribution in [0.3, 0.4) is 0 Å². The molecule has 4 heteroatoms. The van der Waals surface area contributed by atoms with Crippen LogP contribution >= 0.6 is 8.25 Å². The molecule has 0 spiro atoms. The van der Waals surface area contributed by atoms with E-state index in [1.54, 1.807) is 0 Å². The second kappa shape index (κ2) is 12.0. The van der Waals surface area contributed by atoms with Crippen molar-refractivity contribution in [1.82, 2.24) is 0 Å². The Labute approximate surface area is 178 Å². The van der Waals surface area contributed by atoms with Gasteiger partial charge in [0.25, 0.3) is 0 Å². The highest BCUT2D eigenvalue weighted by Gasteiger charge is 2.10. The van der Waals surface area contributed by atoms with Crippen molar-refractivity contribution in [3.05, 3.63) is 120 Å². The van der Waals surface area contributed by atoms with Gasteiger partial charge in [0.1, 0.15) is 6.61 Å². The highest BCUT2D eigenvalue weighted by molar-refractivity contribution is 7.32. The van der Waals surface area contributed by atoms with Crippen LogP contribution in [0.5, 0.6) is 0 Å². The first-order chi connectivity index (χ1) is 14.7. The van der Waals surface area contributed by atoms with E-state index in [2.05, 4.69) is 77.3 Å². The van der Waals surface area contributed by atoms with Crippen molar-refractivity contribution >= 4 is 19.0 Å². The second-order valence-corrected chi connectivity index (χ2v) is 7.71. The molecule has 30 heavy (non-hydrogen) atoms. The molecule has 0 amide bonds. The van der Waals surface area contributed by atoms with Gasteiger partial charge in [-0.2, -0.15) is 0 Å². The van der Waals surface area contributed by atoms with Gasteiger partial charge >= 0.3 is 8.25 Å². The maximum Gasteiger partial charge on any atom is 0.694 e. The zero-order valence-corrected chi connectivity index (χ0v) is 17.7. The molecule has 1 N–H and O–H groups in total. The minimum absolute atomic E-state index is 0.268. The van der Waals surface area contributed by atoms with E-state index >= 15 is 0 Å². The van der Waals surface area contributed by atoms with Gasteiger partial charge in [-0.15, -0.1) is 9.42 Å². The fraction of sp³-hybridized carbons (Fsp3) is 0.154. The molecule has 0 radical (unpaired) electrons. The first-order valence-corrected chi connectivity index (χ1v) is 11.2. The second-order valence-electron chi connectivity index (χ2n) is 6.97. The van der Waals surface area contributed by atoms with Crippen molar-refractivity contribution in [1.29, 1.82) is 0 Å². The third-order valence-corrected chi connectivity index (χ3v) is 5.20. The minimum Gasteiger partial charge on any atom is -0.133 e. The summed E-state index contributed by atoms with van der Waals surface area (Å²) < 4.78 is 15.0. The third kappa shape index (κ3) is 7.53. The van der Waals surface area contributed by atoms with E-state index in [4.69, 9.17) is 4.89 Å². The molecule has 4 aromatic rings. The van der Waals surface area contributed by atoms with Crippen LogP contribution in [0.1, 0.15) is 16.7 Å². The van der Waals surface area contributed by atoms with Crippen LogP contribution in [-0.2, 0) is 28.4 Å². The van der Waals surface area contributed by atoms with Crippen LogP contribution in [0.2, 0.25) is 0 Å². The molecule has 0 aliphatic heterocycles. The van der Waals surface area contributed by atoms with Gasteiger partial charge in [0.2, 0.25) is 0 Å². The van der Waals surface area contributed by atoms with E-state index in [0.717, 1.165) is 18.4 Å². The molecule has 0 saturated heterocycles. The first-order valence-electron chi connectivity index (χ1n) is 10.1. The lowest BCUT2D eigenvalue weighted by Crippen LogP contribution is -1.92. The molecule has 4 rings (SSSR count). The molecule has 0 fully saturated rings. The van der Waals surface area contributed by atoms with Crippen molar-refractivity contribution in [3.63, 3.8) is 0 Å². The highest BCUT2D eigenvalue weighted by Crippen LogP contribution is 2.18. The molecule has 0 bridgehead atoms. The number of hydrogen-bond acceptors (Lipinski definition) is 2. The molecule has 0 aliphatic rings. The Balaban J connectivity index is 0.000000172. The number of aryl methyl sites for hydroxylation is 2. The molecule has 152 valence electrons. The van der Waals surface area contributed by atoms with Gasteiger partial charge in [0.05, 0.1) is 0 Å². The molecule has 3 nitrogen and oxygen atoms in total. The fourth-order valence-electron chi connectivity index (χ4n) is 3.21. The Hall–Kier alpha value is -2.84. The zero-order valence-electron chi connectivity index (χ0n) is 16.9. The Kier molecular flexibility index (Phi) is 8.74. The van der Waals surface area contributed by atoms with E-state index in [-0.39, 0.29) is 6.61 Å². The Morgan fingerprint density at radius 2 is 1.13 bits per heavy atom. The summed E-state index contributed by atoms with van der Waals surface area (Å²) in [5.74, 6) is 0. The van der Waals surface area contributed by atoms with Crippen LogP contribution in [0, 0.1) is 0 Å². The monoisotopic (exact) mass is 417 g/mol. The average Bonchev–Trinajstić information content (AvgIpc) is 2.79. The predicted octanol–water partition coefficient (Wildman–Crippen LogP) is 6.52. The van der Waals surface area contributed by atoms with Gasteiger partial charge < -0.3 is 0 Å². The van der Waals surface area contributed by atoms with E-state index < -0.39 is 8.25 Å². The van der Waals surface area contributed by atoms with E-state index in [1.165, 1.54) is 21.9 Å². The number of fused-ring (bicyclic) bond motifs is 1. The van der Waals surface area contributed by atoms with Gasteiger partial charge in [0.15, 0.2) is 0 Å². The van der Waals surface area contributed by atoms with Gasteiger partial charge in [-0.25, -0.2) is 0 Å². The average molecular weight is 417 g/mol. The number of benzene rings is 4. The molecule has 1 unspecified atom stereocenters. The Morgan fingerprint density at radius 1 is 0.600 bits per heavy atom. The van der Waals surface area contributed by atoms with Crippen LogP contribution in [-0.4, -0.2) is 11.5 Å². The lowest BCUT2D eigenvalue weighted by molar-refractivity contribution is 0.285. The lowest BCUT2D eigenvalue weighted by atomic mass is 10.0. The maximum absolute atomic E-state index is 10.3. The Morgan fingerprint density at radius 3 is 1.70 bits per heavy atom. The summed E-state index contributed by atoms with van der Waals surface area (Å²) >= 11 is 0. The van der Waals surface area contributed by atoms with Crippen LogP contribution < -0.4 is 0 Å². The summed E-state index contributed by atoms with van der Waals surface area (Å²) in [7, 11) is -2.48. The van der Waals surface area contributed by atoms with Gasteiger partial charge in [-0.05, 0) is 40.3 Å². The maximum atomic E-state index is 10.3. The molecular formula is C26H26O3P+. The minimum atomic E-state index is -2.48. The molecule has 0 heterocycles.